The molecular formula is C22H14O2S8. The first-order valence-corrected chi connectivity index (χ1v) is 16.3. The highest BCUT2D eigenvalue weighted by Crippen LogP contribution is 2.67. The molecule has 0 radical (unpaired) electrons. The molecule has 0 fully saturated rings. The predicted octanol–water partition coefficient (Wildman–Crippen LogP) is 8.95. The number of hydrogen-bond donors (Lipinski definition) is 0. The van der Waals surface area contributed by atoms with Gasteiger partial charge in [0.25, 0.3) is 0 Å². The number of carbonyl (C=O) groups excluding carboxylic acids is 2. The van der Waals surface area contributed by atoms with Gasteiger partial charge < -0.3 is 0 Å². The summed E-state index contributed by atoms with van der Waals surface area (Å²) in [5.74, 6) is 2.30. The molecule has 0 N–H and O–H groups in total. The van der Waals surface area contributed by atoms with Crippen LogP contribution < -0.4 is 0 Å². The summed E-state index contributed by atoms with van der Waals surface area (Å²) in [6.07, 6.45) is 0. The van der Waals surface area contributed by atoms with E-state index >= 15 is 0 Å². The summed E-state index contributed by atoms with van der Waals surface area (Å²) in [5, 5.41) is 0.000868. The van der Waals surface area contributed by atoms with Gasteiger partial charge in [-0.1, -0.05) is 108 Å². The SMILES string of the molecule is O=C(SC1=C(SC(=O)c2ccccc2)SC(=C2SC3=C(SCCS3)S2)S1)c1ccccc1. The molecule has 0 saturated heterocycles. The molecular weight excluding hydrogens is 553 g/mol. The Morgan fingerprint density at radius 2 is 0.969 bits per heavy atom. The van der Waals surface area contributed by atoms with Crippen LogP contribution in [0.2, 0.25) is 0 Å². The van der Waals surface area contributed by atoms with Gasteiger partial charge in [-0.05, 0) is 23.5 Å². The van der Waals surface area contributed by atoms with E-state index in [1.807, 2.05) is 108 Å². The molecule has 2 aromatic rings. The standard InChI is InChI=1S/C22H14O2S8/c23-15(13-7-3-1-4-8-13)27-19-20(28-16(24)14-9-5-2-6-10-14)32-22(31-19)21-29-17-18(30-21)26-12-11-25-17/h1-10H,11-12H2. The summed E-state index contributed by atoms with van der Waals surface area (Å²) in [5.41, 5.74) is 1.34. The highest BCUT2D eigenvalue weighted by Gasteiger charge is 2.33. The van der Waals surface area contributed by atoms with Crippen molar-refractivity contribution in [1.29, 1.82) is 0 Å². The van der Waals surface area contributed by atoms with Crippen LogP contribution in [-0.2, 0) is 0 Å². The smallest absolute Gasteiger partial charge is 0.224 e. The van der Waals surface area contributed by atoms with Gasteiger partial charge in [-0.2, -0.15) is 0 Å². The Morgan fingerprint density at radius 3 is 1.41 bits per heavy atom. The summed E-state index contributed by atoms with van der Waals surface area (Å²) in [7, 11) is 0. The fourth-order valence-electron chi connectivity index (χ4n) is 2.72. The van der Waals surface area contributed by atoms with Crippen LogP contribution in [0, 0.1) is 0 Å². The topological polar surface area (TPSA) is 34.1 Å². The summed E-state index contributed by atoms with van der Waals surface area (Å²) in [6.45, 7) is 0. The van der Waals surface area contributed by atoms with Crippen molar-refractivity contribution in [2.75, 3.05) is 11.5 Å². The second kappa shape index (κ2) is 11.0. The molecule has 0 amide bonds. The number of thioether (sulfide) groups is 8. The summed E-state index contributed by atoms with van der Waals surface area (Å²) in [6, 6.07) is 18.6. The third-order valence-electron chi connectivity index (χ3n) is 4.18. The van der Waals surface area contributed by atoms with E-state index < -0.39 is 0 Å². The van der Waals surface area contributed by atoms with Gasteiger partial charge in [-0.3, -0.25) is 9.59 Å². The molecule has 0 unspecified atom stereocenters. The van der Waals surface area contributed by atoms with Crippen LogP contribution in [0.25, 0.3) is 0 Å². The second-order valence-electron chi connectivity index (χ2n) is 6.34. The lowest BCUT2D eigenvalue weighted by molar-refractivity contribution is 0.108. The van der Waals surface area contributed by atoms with Crippen LogP contribution in [0.15, 0.2) is 86.1 Å². The molecule has 0 bridgehead atoms. The van der Waals surface area contributed by atoms with Crippen LogP contribution in [-0.4, -0.2) is 21.7 Å². The predicted molar refractivity (Wildman–Crippen MR) is 153 cm³/mol. The molecule has 3 aliphatic rings. The number of rotatable bonds is 4. The van der Waals surface area contributed by atoms with E-state index in [0.717, 1.165) is 20.0 Å². The Morgan fingerprint density at radius 1 is 0.562 bits per heavy atom. The minimum absolute atomic E-state index is 0.000434. The molecule has 2 aromatic carbocycles. The summed E-state index contributed by atoms with van der Waals surface area (Å²) >= 11 is 13.2. The zero-order chi connectivity index (χ0) is 21.9. The molecule has 0 saturated carbocycles. The maximum atomic E-state index is 12.9. The van der Waals surface area contributed by atoms with Gasteiger partial charge in [0.1, 0.15) is 0 Å². The summed E-state index contributed by atoms with van der Waals surface area (Å²) in [4.78, 5) is 25.8. The van der Waals surface area contributed by atoms with E-state index in [0.29, 0.717) is 11.1 Å². The van der Waals surface area contributed by atoms with E-state index in [-0.39, 0.29) is 10.2 Å². The molecule has 3 aliphatic heterocycles. The van der Waals surface area contributed by atoms with Crippen molar-refractivity contribution in [3.05, 3.63) is 97.2 Å². The van der Waals surface area contributed by atoms with Crippen LogP contribution in [0.1, 0.15) is 20.7 Å². The molecule has 3 heterocycles. The molecule has 0 atom stereocenters. The summed E-state index contributed by atoms with van der Waals surface area (Å²) < 4.78 is 7.01. The fraction of sp³-hybridized carbons (Fsp3) is 0.0909. The molecule has 0 aliphatic carbocycles. The van der Waals surface area contributed by atoms with Crippen molar-refractivity contribution in [1.82, 2.24) is 0 Å². The van der Waals surface area contributed by atoms with Gasteiger partial charge >= 0.3 is 0 Å². The van der Waals surface area contributed by atoms with Crippen molar-refractivity contribution >= 4 is 104 Å². The van der Waals surface area contributed by atoms with E-state index in [1.165, 1.54) is 40.5 Å². The lowest BCUT2D eigenvalue weighted by Gasteiger charge is -2.08. The average molecular weight is 567 g/mol. The molecule has 162 valence electrons. The van der Waals surface area contributed by atoms with Gasteiger partial charge in [-0.15, -0.1) is 23.5 Å². The maximum Gasteiger partial charge on any atom is 0.224 e. The highest BCUT2D eigenvalue weighted by molar-refractivity contribution is 8.47. The first-order valence-electron chi connectivity index (χ1n) is 9.41. The zero-order valence-corrected chi connectivity index (χ0v) is 22.8. The van der Waals surface area contributed by atoms with Crippen molar-refractivity contribution in [2.45, 2.75) is 0 Å². The minimum Gasteiger partial charge on any atom is -0.281 e. The third kappa shape index (κ3) is 5.54. The third-order valence-corrected chi connectivity index (χ3v) is 15.7. The fourth-order valence-corrected chi connectivity index (χ4v) is 14.3. The quantitative estimate of drug-likeness (QED) is 0.358. The number of hydrogen-bond acceptors (Lipinski definition) is 10. The molecule has 0 spiro atoms. The Labute approximate surface area is 220 Å². The van der Waals surface area contributed by atoms with E-state index in [9.17, 15) is 9.59 Å². The Hall–Kier alpha value is -0.200. The van der Waals surface area contributed by atoms with Crippen LogP contribution in [0.5, 0.6) is 0 Å². The Balaban J connectivity index is 1.39. The number of benzene rings is 2. The second-order valence-corrected chi connectivity index (χ2v) is 16.2. The lowest BCUT2D eigenvalue weighted by Crippen LogP contribution is -1.94. The Bertz CT molecular complexity index is 1070. The van der Waals surface area contributed by atoms with E-state index in [1.54, 1.807) is 23.5 Å². The van der Waals surface area contributed by atoms with E-state index in [2.05, 4.69) is 0 Å². The minimum atomic E-state index is 0.000434. The van der Waals surface area contributed by atoms with Gasteiger partial charge in [0.15, 0.2) is 0 Å². The normalized spacial score (nSPS) is 18.4. The highest BCUT2D eigenvalue weighted by atomic mass is 32.3. The van der Waals surface area contributed by atoms with Gasteiger partial charge in [0.05, 0.1) is 25.4 Å². The van der Waals surface area contributed by atoms with Gasteiger partial charge in [-0.25, -0.2) is 0 Å². The molecule has 0 aromatic heterocycles. The van der Waals surface area contributed by atoms with Crippen LogP contribution >= 0.6 is 94.1 Å². The van der Waals surface area contributed by atoms with Crippen molar-refractivity contribution < 1.29 is 9.59 Å². The molecule has 10 heteroatoms. The average Bonchev–Trinajstić information content (AvgIpc) is 3.44. The van der Waals surface area contributed by atoms with Crippen LogP contribution in [0.3, 0.4) is 0 Å². The lowest BCUT2D eigenvalue weighted by atomic mass is 10.2. The van der Waals surface area contributed by atoms with Gasteiger partial charge in [0, 0.05) is 22.6 Å². The largest absolute Gasteiger partial charge is 0.281 e. The first kappa shape index (κ1) is 23.5. The molecule has 2 nitrogen and oxygen atoms in total. The van der Waals surface area contributed by atoms with Crippen molar-refractivity contribution in [3.63, 3.8) is 0 Å². The van der Waals surface area contributed by atoms with Gasteiger partial charge in [0.2, 0.25) is 10.2 Å². The monoisotopic (exact) mass is 566 g/mol. The maximum absolute atomic E-state index is 12.9. The Kier molecular flexibility index (Phi) is 8.11. The molecule has 5 rings (SSSR count). The zero-order valence-electron chi connectivity index (χ0n) is 16.3. The van der Waals surface area contributed by atoms with Crippen LogP contribution in [0.4, 0.5) is 0 Å². The number of carbonyl (C=O) groups is 2. The molecule has 32 heavy (non-hydrogen) atoms. The van der Waals surface area contributed by atoms with Crippen molar-refractivity contribution in [3.8, 4) is 0 Å². The van der Waals surface area contributed by atoms with Crippen molar-refractivity contribution in [2.24, 2.45) is 0 Å². The van der Waals surface area contributed by atoms with E-state index in [4.69, 9.17) is 0 Å². The first-order chi connectivity index (χ1) is 15.7.